The monoisotopic (exact) mass is 185 g/mol. The summed E-state index contributed by atoms with van der Waals surface area (Å²) in [6.45, 7) is 5.50. The molecule has 0 saturated carbocycles. The van der Waals surface area contributed by atoms with E-state index >= 15 is 0 Å². The Labute approximate surface area is 82.2 Å². The highest BCUT2D eigenvalue weighted by molar-refractivity contribution is 5.92. The summed E-state index contributed by atoms with van der Waals surface area (Å²) in [5.41, 5.74) is 1.90. The Balaban J connectivity index is 2.80. The largest absolute Gasteiger partial charge is 0.324 e. The van der Waals surface area contributed by atoms with Crippen LogP contribution in [0.3, 0.4) is 0 Å². The van der Waals surface area contributed by atoms with E-state index in [2.05, 4.69) is 21.7 Å². The van der Waals surface area contributed by atoms with Crippen molar-refractivity contribution in [3.8, 4) is 0 Å². The molecule has 0 aliphatic carbocycles. The molecule has 2 heterocycles. The minimum Gasteiger partial charge on any atom is -0.324 e. The molecule has 0 aliphatic rings. The number of aromatic nitrogens is 2. The summed E-state index contributed by atoms with van der Waals surface area (Å²) in [6.07, 6.45) is 5.74. The summed E-state index contributed by atoms with van der Waals surface area (Å²) < 4.78 is 0. The SMILES string of the molecule is C=Nc1[nH]c2ncccc2c1/C=C\C. The predicted octanol–water partition coefficient (Wildman–Crippen LogP) is 2.93. The zero-order chi connectivity index (χ0) is 9.97. The number of fused-ring (bicyclic) bond motifs is 1. The summed E-state index contributed by atoms with van der Waals surface area (Å²) in [5, 5.41) is 1.08. The van der Waals surface area contributed by atoms with Crippen LogP contribution in [0.25, 0.3) is 17.1 Å². The Kier molecular flexibility index (Phi) is 2.14. The molecule has 14 heavy (non-hydrogen) atoms. The van der Waals surface area contributed by atoms with Gasteiger partial charge in [-0.2, -0.15) is 0 Å². The molecule has 0 amide bonds. The van der Waals surface area contributed by atoms with Crippen LogP contribution in [-0.2, 0) is 0 Å². The van der Waals surface area contributed by atoms with Gasteiger partial charge in [-0.25, -0.2) is 9.98 Å². The van der Waals surface area contributed by atoms with Gasteiger partial charge < -0.3 is 4.98 Å². The van der Waals surface area contributed by atoms with Crippen LogP contribution in [0.5, 0.6) is 0 Å². The van der Waals surface area contributed by atoms with Crippen molar-refractivity contribution in [3.05, 3.63) is 30.0 Å². The number of aromatic amines is 1. The average molecular weight is 185 g/mol. The minimum atomic E-state index is 0.775. The maximum Gasteiger partial charge on any atom is 0.139 e. The average Bonchev–Trinajstić information content (AvgIpc) is 2.58. The van der Waals surface area contributed by atoms with Gasteiger partial charge >= 0.3 is 0 Å². The second-order valence-electron chi connectivity index (χ2n) is 2.94. The van der Waals surface area contributed by atoms with Crippen molar-refractivity contribution < 1.29 is 0 Å². The maximum absolute atomic E-state index is 4.22. The zero-order valence-electron chi connectivity index (χ0n) is 7.99. The van der Waals surface area contributed by atoms with Crippen LogP contribution in [0.2, 0.25) is 0 Å². The number of allylic oxidation sites excluding steroid dienone is 1. The number of rotatable bonds is 2. The van der Waals surface area contributed by atoms with Gasteiger partial charge in [0, 0.05) is 17.1 Å². The van der Waals surface area contributed by atoms with Gasteiger partial charge in [-0.1, -0.05) is 12.2 Å². The molecule has 0 spiro atoms. The number of hydrogen-bond acceptors (Lipinski definition) is 2. The molecule has 0 atom stereocenters. The van der Waals surface area contributed by atoms with Gasteiger partial charge in [-0.05, 0) is 25.8 Å². The van der Waals surface area contributed by atoms with Crippen LogP contribution in [0, 0.1) is 0 Å². The van der Waals surface area contributed by atoms with Gasteiger partial charge in [0.05, 0.1) is 0 Å². The van der Waals surface area contributed by atoms with Crippen LogP contribution in [0.1, 0.15) is 12.5 Å². The molecule has 0 fully saturated rings. The number of H-pyrrole nitrogens is 1. The minimum absolute atomic E-state index is 0.775. The highest BCUT2D eigenvalue weighted by atomic mass is 15.0. The molecule has 3 nitrogen and oxygen atoms in total. The van der Waals surface area contributed by atoms with Crippen molar-refractivity contribution in [1.29, 1.82) is 0 Å². The van der Waals surface area contributed by atoms with E-state index < -0.39 is 0 Å². The fourth-order valence-corrected chi connectivity index (χ4v) is 1.49. The Morgan fingerprint density at radius 3 is 3.14 bits per heavy atom. The third-order valence-corrected chi connectivity index (χ3v) is 2.08. The molecule has 0 bridgehead atoms. The summed E-state index contributed by atoms with van der Waals surface area (Å²) in [6, 6.07) is 3.93. The van der Waals surface area contributed by atoms with Crippen LogP contribution in [0.15, 0.2) is 29.4 Å². The fraction of sp³-hybridized carbons (Fsp3) is 0.0909. The van der Waals surface area contributed by atoms with Crippen LogP contribution >= 0.6 is 0 Å². The van der Waals surface area contributed by atoms with Gasteiger partial charge in [0.1, 0.15) is 11.5 Å². The first kappa shape index (κ1) is 8.69. The standard InChI is InChI=1S/C11H11N3/c1-3-5-8-9-6-4-7-13-11(9)14-10(8)12-2/h3-7H,2H2,1H3,(H,13,14)/b5-3-. The molecule has 70 valence electrons. The molecule has 3 heteroatoms. The van der Waals surface area contributed by atoms with Gasteiger partial charge in [0.2, 0.25) is 0 Å². The third kappa shape index (κ3) is 1.23. The molecular formula is C11H11N3. The van der Waals surface area contributed by atoms with Crippen LogP contribution in [0.4, 0.5) is 5.82 Å². The highest BCUT2D eigenvalue weighted by Gasteiger charge is 2.06. The van der Waals surface area contributed by atoms with E-state index in [1.165, 1.54) is 0 Å². The lowest BCUT2D eigenvalue weighted by atomic mass is 10.2. The summed E-state index contributed by atoms with van der Waals surface area (Å²) >= 11 is 0. The molecule has 0 aromatic carbocycles. The quantitative estimate of drug-likeness (QED) is 0.718. The van der Waals surface area contributed by atoms with Crippen LogP contribution < -0.4 is 0 Å². The van der Waals surface area contributed by atoms with Crippen molar-refractivity contribution in [1.82, 2.24) is 9.97 Å². The Morgan fingerprint density at radius 1 is 1.57 bits per heavy atom. The molecule has 2 aromatic rings. The molecule has 0 aliphatic heterocycles. The lowest BCUT2D eigenvalue weighted by Gasteiger charge is -1.90. The van der Waals surface area contributed by atoms with E-state index in [1.54, 1.807) is 6.20 Å². The van der Waals surface area contributed by atoms with E-state index in [1.807, 2.05) is 31.2 Å². The van der Waals surface area contributed by atoms with Crippen molar-refractivity contribution in [3.63, 3.8) is 0 Å². The first-order chi connectivity index (χ1) is 6.86. The molecule has 2 aromatic heterocycles. The lowest BCUT2D eigenvalue weighted by Crippen LogP contribution is -1.72. The summed E-state index contributed by atoms with van der Waals surface area (Å²) in [5.74, 6) is 0.775. The normalized spacial score (nSPS) is 11.2. The van der Waals surface area contributed by atoms with Gasteiger partial charge in [0.25, 0.3) is 0 Å². The third-order valence-electron chi connectivity index (χ3n) is 2.08. The van der Waals surface area contributed by atoms with Crippen molar-refractivity contribution in [2.45, 2.75) is 6.92 Å². The topological polar surface area (TPSA) is 41.0 Å². The van der Waals surface area contributed by atoms with E-state index in [0.29, 0.717) is 0 Å². The van der Waals surface area contributed by atoms with Crippen molar-refractivity contribution >= 4 is 29.6 Å². The Hall–Kier alpha value is -1.90. The van der Waals surface area contributed by atoms with Crippen molar-refractivity contribution in [2.75, 3.05) is 0 Å². The molecular weight excluding hydrogens is 174 g/mol. The molecule has 0 saturated heterocycles. The highest BCUT2D eigenvalue weighted by Crippen LogP contribution is 2.27. The molecule has 0 unspecified atom stereocenters. The smallest absolute Gasteiger partial charge is 0.139 e. The summed E-state index contributed by atoms with van der Waals surface area (Å²) in [4.78, 5) is 11.3. The zero-order valence-corrected chi connectivity index (χ0v) is 7.99. The number of aliphatic imine (C=N–C) groups is 1. The van der Waals surface area contributed by atoms with E-state index in [9.17, 15) is 0 Å². The lowest BCUT2D eigenvalue weighted by molar-refractivity contribution is 1.30. The number of pyridine rings is 1. The second-order valence-corrected chi connectivity index (χ2v) is 2.94. The maximum atomic E-state index is 4.22. The Morgan fingerprint density at radius 2 is 2.43 bits per heavy atom. The van der Waals surface area contributed by atoms with E-state index in [0.717, 1.165) is 22.4 Å². The van der Waals surface area contributed by atoms with E-state index in [4.69, 9.17) is 0 Å². The van der Waals surface area contributed by atoms with Gasteiger partial charge in [-0.15, -0.1) is 0 Å². The molecule has 1 N–H and O–H groups in total. The number of nitrogens with zero attached hydrogens (tertiary/aromatic N) is 2. The van der Waals surface area contributed by atoms with E-state index in [-0.39, 0.29) is 0 Å². The van der Waals surface area contributed by atoms with Gasteiger partial charge in [0.15, 0.2) is 0 Å². The first-order valence-electron chi connectivity index (χ1n) is 4.43. The first-order valence-corrected chi connectivity index (χ1v) is 4.43. The second kappa shape index (κ2) is 3.46. The predicted molar refractivity (Wildman–Crippen MR) is 60.0 cm³/mol. The molecule has 2 rings (SSSR count). The van der Waals surface area contributed by atoms with Gasteiger partial charge in [-0.3, -0.25) is 0 Å². The summed E-state index contributed by atoms with van der Waals surface area (Å²) in [7, 11) is 0. The number of nitrogens with one attached hydrogen (secondary N) is 1. The Bertz CT molecular complexity index is 494. The van der Waals surface area contributed by atoms with Crippen LogP contribution in [-0.4, -0.2) is 16.7 Å². The number of hydrogen-bond donors (Lipinski definition) is 1. The van der Waals surface area contributed by atoms with Crippen molar-refractivity contribution in [2.24, 2.45) is 4.99 Å². The fourth-order valence-electron chi connectivity index (χ4n) is 1.49. The molecule has 0 radical (unpaired) electrons.